The lowest BCUT2D eigenvalue weighted by atomic mass is 10.2. The molecule has 10 heteroatoms. The smallest absolute Gasteiger partial charge is 0.387 e. The number of ether oxygens (including phenoxy) is 1. The van der Waals surface area contributed by atoms with E-state index in [0.29, 0.717) is 0 Å². The van der Waals surface area contributed by atoms with E-state index in [4.69, 9.17) is 0 Å². The van der Waals surface area contributed by atoms with Gasteiger partial charge in [0.1, 0.15) is 11.6 Å². The third kappa shape index (κ3) is 5.02. The van der Waals surface area contributed by atoms with E-state index >= 15 is 0 Å². The van der Waals surface area contributed by atoms with Crippen molar-refractivity contribution in [2.24, 2.45) is 0 Å². The normalized spacial score (nSPS) is 11.7. The van der Waals surface area contributed by atoms with E-state index in [1.54, 1.807) is 13.8 Å². The fourth-order valence-electron chi connectivity index (χ4n) is 2.47. The SMILES string of the molecule is CCN(CC)S(=O)(=O)c1ccc(F)c(C(=O)Nc2ccc(OC(F)F)cc2)c1. The average molecular weight is 416 g/mol. The highest BCUT2D eigenvalue weighted by molar-refractivity contribution is 7.89. The molecule has 2 rings (SSSR count). The summed E-state index contributed by atoms with van der Waals surface area (Å²) in [5.74, 6) is -1.88. The fraction of sp³-hybridized carbons (Fsp3) is 0.278. The Hall–Kier alpha value is -2.59. The molecule has 0 aliphatic rings. The Morgan fingerprint density at radius 2 is 1.71 bits per heavy atom. The standard InChI is InChI=1S/C18H19F3N2O4S/c1-3-23(4-2)28(25,26)14-9-10-16(19)15(11-14)17(24)22-12-5-7-13(8-6-12)27-18(20)21/h5-11,18H,3-4H2,1-2H3,(H,22,24). The van der Waals surface area contributed by atoms with Crippen molar-refractivity contribution in [3.63, 3.8) is 0 Å². The zero-order valence-electron chi connectivity index (χ0n) is 15.2. The number of hydrogen-bond donors (Lipinski definition) is 1. The van der Waals surface area contributed by atoms with Crippen molar-refractivity contribution in [1.29, 1.82) is 0 Å². The number of carbonyl (C=O) groups is 1. The van der Waals surface area contributed by atoms with E-state index in [0.717, 1.165) is 18.2 Å². The first-order valence-corrected chi connectivity index (χ1v) is 9.79. The Balaban J connectivity index is 2.26. The van der Waals surface area contributed by atoms with Crippen LogP contribution in [0.15, 0.2) is 47.4 Å². The maximum Gasteiger partial charge on any atom is 0.387 e. The van der Waals surface area contributed by atoms with Gasteiger partial charge in [0, 0.05) is 18.8 Å². The number of amides is 1. The van der Waals surface area contributed by atoms with Crippen LogP contribution in [0.5, 0.6) is 5.75 Å². The number of sulfonamides is 1. The second-order valence-corrected chi connectivity index (χ2v) is 7.53. The Labute approximate surface area is 161 Å². The predicted octanol–water partition coefficient (Wildman–Crippen LogP) is 3.71. The van der Waals surface area contributed by atoms with Gasteiger partial charge < -0.3 is 10.1 Å². The van der Waals surface area contributed by atoms with Gasteiger partial charge in [0.25, 0.3) is 5.91 Å². The molecule has 28 heavy (non-hydrogen) atoms. The Bertz CT molecular complexity index is 930. The summed E-state index contributed by atoms with van der Waals surface area (Å²) in [5.41, 5.74) is -0.260. The molecule has 0 heterocycles. The van der Waals surface area contributed by atoms with Gasteiger partial charge in [-0.25, -0.2) is 12.8 Å². The van der Waals surface area contributed by atoms with Gasteiger partial charge in [-0.3, -0.25) is 4.79 Å². The van der Waals surface area contributed by atoms with Gasteiger partial charge in [-0.2, -0.15) is 13.1 Å². The quantitative estimate of drug-likeness (QED) is 0.712. The van der Waals surface area contributed by atoms with Crippen molar-refractivity contribution in [1.82, 2.24) is 4.31 Å². The number of benzene rings is 2. The van der Waals surface area contributed by atoms with Crippen molar-refractivity contribution >= 4 is 21.6 Å². The maximum atomic E-state index is 14.1. The van der Waals surface area contributed by atoms with E-state index in [-0.39, 0.29) is 29.4 Å². The Morgan fingerprint density at radius 1 is 1.11 bits per heavy atom. The molecular formula is C18H19F3N2O4S. The van der Waals surface area contributed by atoms with Crippen LogP contribution in [0.3, 0.4) is 0 Å². The fourth-order valence-corrected chi connectivity index (χ4v) is 3.95. The molecule has 0 aliphatic heterocycles. The Morgan fingerprint density at radius 3 is 2.25 bits per heavy atom. The van der Waals surface area contributed by atoms with Crippen LogP contribution in [0.4, 0.5) is 18.9 Å². The van der Waals surface area contributed by atoms with Crippen LogP contribution >= 0.6 is 0 Å². The number of nitrogens with zero attached hydrogens (tertiary/aromatic N) is 1. The van der Waals surface area contributed by atoms with Crippen LogP contribution in [0, 0.1) is 5.82 Å². The highest BCUT2D eigenvalue weighted by atomic mass is 32.2. The summed E-state index contributed by atoms with van der Waals surface area (Å²) in [7, 11) is -3.86. The molecule has 0 aliphatic carbocycles. The number of hydrogen-bond acceptors (Lipinski definition) is 4. The molecule has 6 nitrogen and oxygen atoms in total. The molecule has 0 unspecified atom stereocenters. The summed E-state index contributed by atoms with van der Waals surface area (Å²) in [6.45, 7) is 0.805. The topological polar surface area (TPSA) is 75.7 Å². The van der Waals surface area contributed by atoms with Gasteiger partial charge in [0.05, 0.1) is 10.5 Å². The molecule has 152 valence electrons. The van der Waals surface area contributed by atoms with Crippen molar-refractivity contribution in [2.45, 2.75) is 25.4 Å². The van der Waals surface area contributed by atoms with Gasteiger partial charge in [0.15, 0.2) is 0 Å². The average Bonchev–Trinajstić information content (AvgIpc) is 2.63. The minimum Gasteiger partial charge on any atom is -0.435 e. The number of carbonyl (C=O) groups excluding carboxylic acids is 1. The number of halogens is 3. The van der Waals surface area contributed by atoms with Crippen molar-refractivity contribution < 1.29 is 31.1 Å². The van der Waals surface area contributed by atoms with Crippen LogP contribution in [0.25, 0.3) is 0 Å². The van der Waals surface area contributed by atoms with Gasteiger partial charge in [-0.05, 0) is 42.5 Å². The van der Waals surface area contributed by atoms with E-state index in [1.165, 1.54) is 28.6 Å². The molecule has 0 atom stereocenters. The molecule has 2 aromatic carbocycles. The zero-order valence-corrected chi connectivity index (χ0v) is 16.0. The molecule has 0 radical (unpaired) electrons. The molecule has 0 aromatic heterocycles. The van der Waals surface area contributed by atoms with Crippen molar-refractivity contribution in [3.05, 3.63) is 53.8 Å². The molecule has 0 fully saturated rings. The number of nitrogens with one attached hydrogen (secondary N) is 1. The van der Waals surface area contributed by atoms with Crippen LogP contribution in [-0.2, 0) is 10.0 Å². The summed E-state index contributed by atoms with van der Waals surface area (Å²) in [4.78, 5) is 12.2. The minimum atomic E-state index is -3.86. The van der Waals surface area contributed by atoms with Crippen LogP contribution in [0.2, 0.25) is 0 Å². The lowest BCUT2D eigenvalue weighted by molar-refractivity contribution is -0.0498. The Kier molecular flexibility index (Phi) is 7.03. The van der Waals surface area contributed by atoms with Crippen LogP contribution in [-0.4, -0.2) is 38.3 Å². The van der Waals surface area contributed by atoms with Gasteiger partial charge >= 0.3 is 6.61 Å². The lowest BCUT2D eigenvalue weighted by Gasteiger charge is -2.19. The lowest BCUT2D eigenvalue weighted by Crippen LogP contribution is -2.31. The van der Waals surface area contributed by atoms with E-state index in [9.17, 15) is 26.4 Å². The second kappa shape index (κ2) is 9.07. The largest absolute Gasteiger partial charge is 0.435 e. The summed E-state index contributed by atoms with van der Waals surface area (Å²) in [6, 6.07) is 7.97. The summed E-state index contributed by atoms with van der Waals surface area (Å²) < 4.78 is 68.9. The highest BCUT2D eigenvalue weighted by Gasteiger charge is 2.24. The molecule has 2 aromatic rings. The van der Waals surface area contributed by atoms with Gasteiger partial charge in [0.2, 0.25) is 10.0 Å². The van der Waals surface area contributed by atoms with E-state index in [2.05, 4.69) is 10.1 Å². The maximum absolute atomic E-state index is 14.1. The van der Waals surface area contributed by atoms with E-state index in [1.807, 2.05) is 0 Å². The number of rotatable bonds is 8. The molecule has 1 amide bonds. The second-order valence-electron chi connectivity index (χ2n) is 5.59. The number of anilines is 1. The molecule has 1 N–H and O–H groups in total. The van der Waals surface area contributed by atoms with Crippen LogP contribution in [0.1, 0.15) is 24.2 Å². The number of alkyl halides is 2. The highest BCUT2D eigenvalue weighted by Crippen LogP contribution is 2.22. The molecule has 0 bridgehead atoms. The van der Waals surface area contributed by atoms with Crippen molar-refractivity contribution in [3.8, 4) is 5.75 Å². The minimum absolute atomic E-state index is 0.105. The van der Waals surface area contributed by atoms with Gasteiger partial charge in [-0.1, -0.05) is 13.8 Å². The summed E-state index contributed by atoms with van der Waals surface area (Å²) in [6.07, 6.45) is 0. The van der Waals surface area contributed by atoms with Crippen LogP contribution < -0.4 is 10.1 Å². The molecule has 0 saturated carbocycles. The van der Waals surface area contributed by atoms with Gasteiger partial charge in [-0.15, -0.1) is 0 Å². The third-order valence-corrected chi connectivity index (χ3v) is 5.91. The van der Waals surface area contributed by atoms with E-state index < -0.39 is 33.9 Å². The predicted molar refractivity (Wildman–Crippen MR) is 97.5 cm³/mol. The monoisotopic (exact) mass is 416 g/mol. The molecule has 0 spiro atoms. The summed E-state index contributed by atoms with van der Waals surface area (Å²) in [5, 5.41) is 2.39. The first-order chi connectivity index (χ1) is 13.2. The molecular weight excluding hydrogens is 397 g/mol. The summed E-state index contributed by atoms with van der Waals surface area (Å²) >= 11 is 0. The molecule has 0 saturated heterocycles. The third-order valence-electron chi connectivity index (χ3n) is 3.86. The first-order valence-electron chi connectivity index (χ1n) is 8.35. The zero-order chi connectivity index (χ0) is 20.9. The first kappa shape index (κ1) is 21.7. The van der Waals surface area contributed by atoms with Crippen molar-refractivity contribution in [2.75, 3.05) is 18.4 Å².